The number of rotatable bonds is 7. The third-order valence-electron chi connectivity index (χ3n) is 6.00. The molecule has 2 fully saturated rings. The highest BCUT2D eigenvalue weighted by atomic mass is 32.2. The van der Waals surface area contributed by atoms with Gasteiger partial charge in [0.15, 0.2) is 5.17 Å². The summed E-state index contributed by atoms with van der Waals surface area (Å²) in [7, 11) is 0. The zero-order valence-corrected chi connectivity index (χ0v) is 19.8. The van der Waals surface area contributed by atoms with Crippen LogP contribution in [0.2, 0.25) is 0 Å². The van der Waals surface area contributed by atoms with Crippen LogP contribution in [0.1, 0.15) is 69.4 Å². The van der Waals surface area contributed by atoms with Gasteiger partial charge in [0.2, 0.25) is 5.91 Å². The lowest BCUT2D eigenvalue weighted by atomic mass is 9.96. The van der Waals surface area contributed by atoms with Crippen molar-refractivity contribution in [2.75, 3.05) is 17.6 Å². The maximum absolute atomic E-state index is 13.1. The lowest BCUT2D eigenvalue weighted by Gasteiger charge is -2.27. The minimum atomic E-state index is -4.97. The fraction of sp³-hybridized carbons (Fsp3) is 0.652. The first-order chi connectivity index (χ1) is 16.0. The Labute approximate surface area is 199 Å². The molecular weight excluding hydrogens is 480 g/mol. The summed E-state index contributed by atoms with van der Waals surface area (Å²) in [6.45, 7) is 2.75. The zero-order valence-electron chi connectivity index (χ0n) is 18.9. The van der Waals surface area contributed by atoms with Gasteiger partial charge in [-0.1, -0.05) is 44.4 Å². The van der Waals surface area contributed by atoms with Crippen molar-refractivity contribution in [3.05, 3.63) is 29.3 Å². The number of anilines is 1. The van der Waals surface area contributed by atoms with Gasteiger partial charge in [-0.3, -0.25) is 9.79 Å². The van der Waals surface area contributed by atoms with E-state index in [4.69, 9.17) is 4.99 Å². The molecule has 0 bridgehead atoms. The van der Waals surface area contributed by atoms with Crippen molar-refractivity contribution in [2.45, 2.75) is 82.7 Å². The largest absolute Gasteiger partial charge is 0.416 e. The Bertz CT molecular complexity index is 848. The van der Waals surface area contributed by atoms with Crippen LogP contribution < -0.4 is 5.32 Å². The van der Waals surface area contributed by atoms with Crippen LogP contribution in [0.3, 0.4) is 0 Å². The number of carbonyl (C=O) groups is 1. The SMILES string of the molecule is CCCCN1C(=NC2CCCCC2)SCC1CC(=O)Nc1cc(C(F)(F)F)cc(C(F)(F)F)c1. The molecule has 1 aromatic rings. The van der Waals surface area contributed by atoms with Crippen molar-refractivity contribution in [1.29, 1.82) is 0 Å². The third-order valence-corrected chi connectivity index (χ3v) is 7.15. The lowest BCUT2D eigenvalue weighted by Crippen LogP contribution is -2.38. The molecule has 34 heavy (non-hydrogen) atoms. The van der Waals surface area contributed by atoms with E-state index in [1.54, 1.807) is 11.8 Å². The van der Waals surface area contributed by atoms with Crippen LogP contribution in [-0.2, 0) is 17.1 Å². The van der Waals surface area contributed by atoms with E-state index in [1.807, 2.05) is 0 Å². The molecule has 3 rings (SSSR count). The molecule has 1 amide bonds. The van der Waals surface area contributed by atoms with Gasteiger partial charge in [-0.2, -0.15) is 26.3 Å². The summed E-state index contributed by atoms with van der Waals surface area (Å²) < 4.78 is 78.6. The minimum absolute atomic E-state index is 0.0437. The topological polar surface area (TPSA) is 44.7 Å². The molecule has 1 atom stereocenters. The Balaban J connectivity index is 1.73. The Morgan fingerprint density at radius 1 is 1.06 bits per heavy atom. The molecule has 1 unspecified atom stereocenters. The number of benzene rings is 1. The molecule has 2 aliphatic rings. The number of thioether (sulfide) groups is 1. The lowest BCUT2D eigenvalue weighted by molar-refractivity contribution is -0.143. The van der Waals surface area contributed by atoms with E-state index in [9.17, 15) is 31.1 Å². The summed E-state index contributed by atoms with van der Waals surface area (Å²) in [5.41, 5.74) is -3.44. The monoisotopic (exact) mass is 509 g/mol. The van der Waals surface area contributed by atoms with E-state index in [-0.39, 0.29) is 24.6 Å². The molecule has 1 heterocycles. The van der Waals surface area contributed by atoms with Gasteiger partial charge in [0.25, 0.3) is 0 Å². The van der Waals surface area contributed by atoms with E-state index < -0.39 is 35.1 Å². The fourth-order valence-corrected chi connectivity index (χ4v) is 5.48. The van der Waals surface area contributed by atoms with Crippen LogP contribution in [0.4, 0.5) is 32.0 Å². The van der Waals surface area contributed by atoms with Gasteiger partial charge in [0.05, 0.1) is 17.2 Å². The number of unbranched alkanes of at least 4 members (excludes halogenated alkanes) is 1. The van der Waals surface area contributed by atoms with Crippen LogP contribution in [-0.4, -0.2) is 40.4 Å². The third kappa shape index (κ3) is 7.29. The van der Waals surface area contributed by atoms with Gasteiger partial charge >= 0.3 is 12.4 Å². The second-order valence-electron chi connectivity index (χ2n) is 8.76. The summed E-state index contributed by atoms with van der Waals surface area (Å²) in [4.78, 5) is 19.6. The molecule has 1 N–H and O–H groups in total. The number of aliphatic imine (C=N–C) groups is 1. The number of nitrogens with one attached hydrogen (secondary N) is 1. The molecule has 190 valence electrons. The molecule has 0 aromatic heterocycles. The second-order valence-corrected chi connectivity index (χ2v) is 9.75. The van der Waals surface area contributed by atoms with E-state index in [0.717, 1.165) is 43.7 Å². The van der Waals surface area contributed by atoms with E-state index in [1.165, 1.54) is 6.42 Å². The number of halogens is 6. The molecule has 1 aliphatic heterocycles. The van der Waals surface area contributed by atoms with Crippen molar-refractivity contribution < 1.29 is 31.1 Å². The normalized spacial score (nSPS) is 21.3. The minimum Gasteiger partial charge on any atom is -0.347 e. The van der Waals surface area contributed by atoms with Crippen molar-refractivity contribution in [1.82, 2.24) is 4.90 Å². The highest BCUT2D eigenvalue weighted by Gasteiger charge is 2.37. The van der Waals surface area contributed by atoms with Gasteiger partial charge in [-0.05, 0) is 37.5 Å². The van der Waals surface area contributed by atoms with Crippen LogP contribution in [0, 0.1) is 0 Å². The molecule has 11 heteroatoms. The predicted octanol–water partition coefficient (Wildman–Crippen LogP) is 6.96. The molecule has 1 saturated heterocycles. The molecular formula is C23H29F6N3OS. The Hall–Kier alpha value is -1.91. The maximum atomic E-state index is 13.1. The number of carbonyl (C=O) groups excluding carboxylic acids is 1. The van der Waals surface area contributed by atoms with Crippen LogP contribution in [0.15, 0.2) is 23.2 Å². The van der Waals surface area contributed by atoms with E-state index in [0.29, 0.717) is 24.4 Å². The smallest absolute Gasteiger partial charge is 0.347 e. The highest BCUT2D eigenvalue weighted by Crippen LogP contribution is 2.38. The predicted molar refractivity (Wildman–Crippen MR) is 122 cm³/mol. The Morgan fingerprint density at radius 2 is 1.68 bits per heavy atom. The van der Waals surface area contributed by atoms with Crippen molar-refractivity contribution in [3.8, 4) is 0 Å². The maximum Gasteiger partial charge on any atom is 0.416 e. The second kappa shape index (κ2) is 11.2. The number of hydrogen-bond acceptors (Lipinski definition) is 3. The molecule has 1 saturated carbocycles. The van der Waals surface area contributed by atoms with Crippen molar-refractivity contribution in [2.24, 2.45) is 4.99 Å². The first-order valence-electron chi connectivity index (χ1n) is 11.5. The van der Waals surface area contributed by atoms with Gasteiger partial charge in [0, 0.05) is 30.4 Å². The Kier molecular flexibility index (Phi) is 8.81. The molecule has 0 radical (unpaired) electrons. The fourth-order valence-electron chi connectivity index (χ4n) is 4.21. The molecule has 1 aliphatic carbocycles. The summed E-state index contributed by atoms with van der Waals surface area (Å²) in [6, 6.07) is 1.15. The zero-order chi connectivity index (χ0) is 24.9. The molecule has 4 nitrogen and oxygen atoms in total. The summed E-state index contributed by atoms with van der Waals surface area (Å²) in [5, 5.41) is 3.14. The summed E-state index contributed by atoms with van der Waals surface area (Å²) in [6.07, 6.45) is -2.57. The number of hydrogen-bond donors (Lipinski definition) is 1. The van der Waals surface area contributed by atoms with Gasteiger partial charge in [-0.25, -0.2) is 0 Å². The highest BCUT2D eigenvalue weighted by molar-refractivity contribution is 8.14. The average Bonchev–Trinajstić information content (AvgIpc) is 3.12. The average molecular weight is 510 g/mol. The van der Waals surface area contributed by atoms with Crippen LogP contribution in [0.5, 0.6) is 0 Å². The van der Waals surface area contributed by atoms with E-state index in [2.05, 4.69) is 17.1 Å². The molecule has 1 aromatic carbocycles. The van der Waals surface area contributed by atoms with Gasteiger partial charge in [0.1, 0.15) is 0 Å². The number of nitrogens with zero attached hydrogens (tertiary/aromatic N) is 2. The first-order valence-corrected chi connectivity index (χ1v) is 12.5. The van der Waals surface area contributed by atoms with Crippen molar-refractivity contribution in [3.63, 3.8) is 0 Å². The van der Waals surface area contributed by atoms with Crippen LogP contribution >= 0.6 is 11.8 Å². The summed E-state index contributed by atoms with van der Waals surface area (Å²) in [5.74, 6) is -0.0301. The standard InChI is InChI=1S/C23H29F6N3OS/c1-2-3-9-32-19(14-34-21(32)31-17-7-5-4-6-8-17)13-20(33)30-18-11-15(22(24,25)26)10-16(12-18)23(27,28)29/h10-12,17,19H,2-9,13-14H2,1H3,(H,30,33). The van der Waals surface area contributed by atoms with Crippen LogP contribution in [0.25, 0.3) is 0 Å². The Morgan fingerprint density at radius 3 is 2.24 bits per heavy atom. The number of amidine groups is 1. The van der Waals surface area contributed by atoms with E-state index >= 15 is 0 Å². The number of amides is 1. The molecule has 0 spiro atoms. The van der Waals surface area contributed by atoms with Crippen molar-refractivity contribution >= 4 is 28.5 Å². The summed E-state index contributed by atoms with van der Waals surface area (Å²) >= 11 is 1.56. The quantitative estimate of drug-likeness (QED) is 0.404. The van der Waals surface area contributed by atoms with Gasteiger partial charge in [-0.15, -0.1) is 0 Å². The first kappa shape index (κ1) is 26.7. The number of alkyl halides is 6. The van der Waals surface area contributed by atoms with Gasteiger partial charge < -0.3 is 10.2 Å².